The number of ether oxygens (including phenoxy) is 2. The number of amides is 3. The van der Waals surface area contributed by atoms with E-state index in [1.807, 2.05) is 65.0 Å². The van der Waals surface area contributed by atoms with E-state index in [0.29, 0.717) is 41.2 Å². The van der Waals surface area contributed by atoms with Gasteiger partial charge in [-0.25, -0.2) is 4.79 Å². The van der Waals surface area contributed by atoms with Gasteiger partial charge in [0.05, 0.1) is 0 Å². The van der Waals surface area contributed by atoms with E-state index < -0.39 is 17.4 Å². The van der Waals surface area contributed by atoms with Crippen molar-refractivity contribution in [2.24, 2.45) is 0 Å². The lowest BCUT2D eigenvalue weighted by molar-refractivity contribution is -0.142. The van der Waals surface area contributed by atoms with Gasteiger partial charge in [0.25, 0.3) is 0 Å². The van der Waals surface area contributed by atoms with Crippen LogP contribution in [0.2, 0.25) is 5.02 Å². The number of aryl methyl sites for hydroxylation is 2. The van der Waals surface area contributed by atoms with Crippen molar-refractivity contribution >= 4 is 35.2 Å². The molecule has 1 aliphatic heterocycles. The van der Waals surface area contributed by atoms with E-state index in [2.05, 4.69) is 5.32 Å². The number of nitrogens with one attached hydrogen (secondary N) is 1. The van der Waals surface area contributed by atoms with E-state index in [-0.39, 0.29) is 12.6 Å². The Morgan fingerprint density at radius 3 is 2.26 bits per heavy atom. The van der Waals surface area contributed by atoms with Crippen molar-refractivity contribution in [1.82, 2.24) is 9.80 Å². The van der Waals surface area contributed by atoms with E-state index in [1.54, 1.807) is 42.3 Å². The Morgan fingerprint density at radius 2 is 1.63 bits per heavy atom. The van der Waals surface area contributed by atoms with E-state index in [9.17, 15) is 14.4 Å². The quantitative estimate of drug-likeness (QED) is 0.295. The smallest absolute Gasteiger partial charge is 0.410 e. The van der Waals surface area contributed by atoms with Crippen LogP contribution >= 0.6 is 11.6 Å². The highest BCUT2D eigenvalue weighted by molar-refractivity contribution is 6.39. The van der Waals surface area contributed by atoms with Crippen molar-refractivity contribution in [2.75, 3.05) is 25.5 Å². The third-order valence-electron chi connectivity index (χ3n) is 7.31. The van der Waals surface area contributed by atoms with Crippen molar-refractivity contribution < 1.29 is 23.9 Å². The molecule has 0 aromatic heterocycles. The maximum atomic E-state index is 13.0. The molecule has 43 heavy (non-hydrogen) atoms. The van der Waals surface area contributed by atoms with Gasteiger partial charge in [0.1, 0.15) is 17.1 Å². The molecule has 1 heterocycles. The molecule has 3 amide bonds. The zero-order valence-corrected chi connectivity index (χ0v) is 26.5. The number of likely N-dealkylation sites (tertiary alicyclic amines) is 1. The van der Waals surface area contributed by atoms with Crippen LogP contribution in [0.25, 0.3) is 0 Å². The molecular weight excluding hydrogens is 566 g/mol. The highest BCUT2D eigenvalue weighted by atomic mass is 35.5. The minimum Gasteiger partial charge on any atom is -0.457 e. The third kappa shape index (κ3) is 8.74. The van der Waals surface area contributed by atoms with Gasteiger partial charge < -0.3 is 24.6 Å². The van der Waals surface area contributed by atoms with Gasteiger partial charge in [0, 0.05) is 43.0 Å². The fraction of sp³-hybridized carbons (Fsp3) is 0.382. The first kappa shape index (κ1) is 31.9. The van der Waals surface area contributed by atoms with Gasteiger partial charge in [-0.1, -0.05) is 47.5 Å². The fourth-order valence-corrected chi connectivity index (χ4v) is 5.19. The lowest BCUT2D eigenvalue weighted by Gasteiger charge is -2.33. The molecular formula is C34H40ClN3O5. The maximum absolute atomic E-state index is 13.0. The van der Waals surface area contributed by atoms with Gasteiger partial charge in [0.15, 0.2) is 0 Å². The highest BCUT2D eigenvalue weighted by Gasteiger charge is 2.27. The lowest BCUT2D eigenvalue weighted by atomic mass is 9.89. The standard InChI is InChI=1S/C34H40ClN3O5/c1-22-7-14-29(23(2)19-22)42-30-20-27(35)11-8-26(30)21-37(6)32(40)31(39)36-28-12-9-24(10-13-28)25-15-17-38(18-16-25)33(41)43-34(3,4)5/h7-14,19-20,25H,15-18,21H2,1-6H3,(H,36,39). The van der Waals surface area contributed by atoms with Crippen molar-refractivity contribution in [3.05, 3.63) is 87.9 Å². The number of rotatable bonds is 6. The molecule has 228 valence electrons. The molecule has 3 aromatic carbocycles. The van der Waals surface area contributed by atoms with Crippen molar-refractivity contribution in [3.63, 3.8) is 0 Å². The summed E-state index contributed by atoms with van der Waals surface area (Å²) in [6.45, 7) is 11.0. The average Bonchev–Trinajstić information content (AvgIpc) is 2.95. The van der Waals surface area contributed by atoms with Crippen molar-refractivity contribution in [3.8, 4) is 11.5 Å². The van der Waals surface area contributed by atoms with Crippen LogP contribution in [0.15, 0.2) is 60.7 Å². The van der Waals surface area contributed by atoms with Gasteiger partial charge in [-0.15, -0.1) is 0 Å². The summed E-state index contributed by atoms with van der Waals surface area (Å²) in [6, 6.07) is 18.6. The summed E-state index contributed by atoms with van der Waals surface area (Å²) in [5.41, 5.74) is 3.97. The Hall–Kier alpha value is -4.04. The number of anilines is 1. The molecule has 0 spiro atoms. The predicted octanol–water partition coefficient (Wildman–Crippen LogP) is 7.46. The van der Waals surface area contributed by atoms with Crippen LogP contribution in [0.3, 0.4) is 0 Å². The summed E-state index contributed by atoms with van der Waals surface area (Å²) in [6.07, 6.45) is 1.38. The zero-order valence-electron chi connectivity index (χ0n) is 25.7. The summed E-state index contributed by atoms with van der Waals surface area (Å²) in [5, 5.41) is 3.21. The van der Waals surface area contributed by atoms with Crippen LogP contribution < -0.4 is 10.1 Å². The number of hydrogen-bond donors (Lipinski definition) is 1. The Morgan fingerprint density at radius 1 is 0.953 bits per heavy atom. The second kappa shape index (κ2) is 13.5. The molecule has 0 bridgehead atoms. The van der Waals surface area contributed by atoms with Gasteiger partial charge in [-0.05, 0) is 94.8 Å². The SMILES string of the molecule is Cc1ccc(Oc2cc(Cl)ccc2CN(C)C(=O)C(=O)Nc2ccc(C3CCN(C(=O)OC(C)(C)C)CC3)cc2)c(C)c1. The first-order valence-corrected chi connectivity index (χ1v) is 14.8. The number of hydrogen-bond acceptors (Lipinski definition) is 5. The Labute approximate surface area is 258 Å². The van der Waals surface area contributed by atoms with Gasteiger partial charge in [0.2, 0.25) is 0 Å². The molecule has 0 aliphatic carbocycles. The monoisotopic (exact) mass is 605 g/mol. The normalized spacial score (nSPS) is 13.8. The van der Waals surface area contributed by atoms with Crippen molar-refractivity contribution in [2.45, 2.75) is 65.5 Å². The van der Waals surface area contributed by atoms with Crippen LogP contribution in [0.4, 0.5) is 10.5 Å². The molecule has 0 radical (unpaired) electrons. The number of halogens is 1. The largest absolute Gasteiger partial charge is 0.457 e. The molecule has 8 nitrogen and oxygen atoms in total. The molecule has 1 N–H and O–H groups in total. The lowest BCUT2D eigenvalue weighted by Crippen LogP contribution is -2.41. The summed E-state index contributed by atoms with van der Waals surface area (Å²) in [5.74, 6) is 0.110. The Kier molecular flexibility index (Phi) is 10.0. The summed E-state index contributed by atoms with van der Waals surface area (Å²) in [7, 11) is 1.57. The first-order valence-electron chi connectivity index (χ1n) is 14.5. The van der Waals surface area contributed by atoms with Crippen LogP contribution in [-0.4, -0.2) is 53.4 Å². The predicted molar refractivity (Wildman–Crippen MR) is 169 cm³/mol. The first-order chi connectivity index (χ1) is 20.3. The highest BCUT2D eigenvalue weighted by Crippen LogP contribution is 2.32. The molecule has 3 aromatic rings. The van der Waals surface area contributed by atoms with Crippen LogP contribution in [0, 0.1) is 13.8 Å². The molecule has 1 saturated heterocycles. The molecule has 0 saturated carbocycles. The molecule has 0 unspecified atom stereocenters. The second-order valence-electron chi connectivity index (χ2n) is 12.1. The number of carbonyl (C=O) groups is 3. The second-order valence-corrected chi connectivity index (χ2v) is 12.5. The topological polar surface area (TPSA) is 88.2 Å². The minimum absolute atomic E-state index is 0.157. The van der Waals surface area contributed by atoms with Gasteiger partial charge in [-0.2, -0.15) is 0 Å². The maximum Gasteiger partial charge on any atom is 0.410 e. The third-order valence-corrected chi connectivity index (χ3v) is 7.55. The fourth-order valence-electron chi connectivity index (χ4n) is 5.03. The van der Waals surface area contributed by atoms with Gasteiger partial charge in [-0.3, -0.25) is 9.59 Å². The number of piperidine rings is 1. The molecule has 1 fully saturated rings. The Balaban J connectivity index is 1.33. The van der Waals surface area contributed by atoms with E-state index in [1.165, 1.54) is 4.90 Å². The molecule has 9 heteroatoms. The average molecular weight is 606 g/mol. The van der Waals surface area contributed by atoms with Crippen molar-refractivity contribution in [1.29, 1.82) is 0 Å². The van der Waals surface area contributed by atoms with E-state index >= 15 is 0 Å². The molecule has 4 rings (SSSR count). The van der Waals surface area contributed by atoms with E-state index in [4.69, 9.17) is 21.1 Å². The number of nitrogens with zero attached hydrogens (tertiary/aromatic N) is 2. The van der Waals surface area contributed by atoms with Gasteiger partial charge >= 0.3 is 17.9 Å². The number of carbonyl (C=O) groups excluding carboxylic acids is 3. The summed E-state index contributed by atoms with van der Waals surface area (Å²) >= 11 is 6.24. The van der Waals surface area contributed by atoms with Crippen LogP contribution in [-0.2, 0) is 20.9 Å². The number of benzene rings is 3. The minimum atomic E-state index is -0.730. The summed E-state index contributed by atoms with van der Waals surface area (Å²) < 4.78 is 11.6. The van der Waals surface area contributed by atoms with E-state index in [0.717, 1.165) is 35.1 Å². The van der Waals surface area contributed by atoms with Crippen LogP contribution in [0.5, 0.6) is 11.5 Å². The Bertz CT molecular complexity index is 1470. The number of likely N-dealkylation sites (N-methyl/N-ethyl adjacent to an activating group) is 1. The zero-order chi connectivity index (χ0) is 31.3. The van der Waals surface area contributed by atoms with Crippen LogP contribution in [0.1, 0.15) is 61.8 Å². The summed E-state index contributed by atoms with van der Waals surface area (Å²) in [4.78, 5) is 41.3. The molecule has 1 aliphatic rings. The molecule has 0 atom stereocenters.